The summed E-state index contributed by atoms with van der Waals surface area (Å²) >= 11 is 0. The minimum atomic E-state index is -3.36. The van der Waals surface area contributed by atoms with Gasteiger partial charge in [0.2, 0.25) is 0 Å². The first-order chi connectivity index (χ1) is 16.1. The zero-order valence-corrected chi connectivity index (χ0v) is 19.9. The second kappa shape index (κ2) is 8.87. The third kappa shape index (κ3) is 4.36. The largest absolute Gasteiger partial charge is 0.306 e. The Balaban J connectivity index is 1.64. The molecule has 0 unspecified atom stereocenters. The average Bonchev–Trinajstić information content (AvgIpc) is 3.03. The van der Waals surface area contributed by atoms with Gasteiger partial charge in [0.05, 0.1) is 22.6 Å². The van der Waals surface area contributed by atoms with Crippen LogP contribution in [0.1, 0.15) is 50.5 Å². The molecule has 0 aromatic heterocycles. The summed E-state index contributed by atoms with van der Waals surface area (Å²) in [6.07, 6.45) is 1.12. The molecule has 1 aliphatic heterocycles. The van der Waals surface area contributed by atoms with E-state index in [-0.39, 0.29) is 46.0 Å². The lowest BCUT2D eigenvalue weighted by molar-refractivity contribution is 0.0642. The second-order valence-electron chi connectivity index (χ2n) is 8.48. The number of rotatable bonds is 6. The molecule has 174 valence electrons. The first-order valence-electron chi connectivity index (χ1n) is 10.8. The second-order valence-corrected chi connectivity index (χ2v) is 10.5. The summed E-state index contributed by atoms with van der Waals surface area (Å²) in [5.74, 6) is -1.18. The number of hydrogen-bond donors (Lipinski definition) is 0. The maximum absolute atomic E-state index is 13.4. The Hall–Kier alpha value is -3.78. The van der Waals surface area contributed by atoms with Gasteiger partial charge in [-0.3, -0.25) is 19.3 Å². The van der Waals surface area contributed by atoms with Crippen LogP contribution in [-0.4, -0.2) is 43.3 Å². The normalized spacial score (nSPS) is 13.4. The van der Waals surface area contributed by atoms with Crippen molar-refractivity contribution in [2.45, 2.75) is 31.3 Å². The van der Waals surface area contributed by atoms with Crippen LogP contribution in [-0.2, 0) is 16.4 Å². The van der Waals surface area contributed by atoms with Crippen molar-refractivity contribution in [2.24, 2.45) is 0 Å². The Morgan fingerprint density at radius 3 is 2.09 bits per heavy atom. The standard InChI is InChI=1S/C26H24N2O5S/c1-17(2)28(20-10-12-21(13-11-20)34(3,32)33)24(29)19-9-14-22-23(15-19)26(31)27(25(22)30)16-18-7-5-4-6-8-18/h4-15,17H,16H2,1-3H3. The van der Waals surface area contributed by atoms with Gasteiger partial charge in [0, 0.05) is 23.5 Å². The summed E-state index contributed by atoms with van der Waals surface area (Å²) < 4.78 is 23.5. The van der Waals surface area contributed by atoms with E-state index in [0.717, 1.165) is 11.8 Å². The molecule has 0 saturated carbocycles. The Labute approximate surface area is 198 Å². The fraction of sp³-hybridized carbons (Fsp3) is 0.192. The maximum atomic E-state index is 13.4. The molecule has 8 heteroatoms. The molecule has 0 spiro atoms. The molecule has 3 aromatic carbocycles. The summed E-state index contributed by atoms with van der Waals surface area (Å²) in [7, 11) is -3.36. The number of sulfone groups is 1. The Bertz CT molecular complexity index is 1380. The van der Waals surface area contributed by atoms with Gasteiger partial charge in [-0.05, 0) is 61.9 Å². The average molecular weight is 477 g/mol. The molecule has 34 heavy (non-hydrogen) atoms. The number of hydrogen-bond acceptors (Lipinski definition) is 5. The van der Waals surface area contributed by atoms with Gasteiger partial charge in [-0.25, -0.2) is 8.42 Å². The first-order valence-corrected chi connectivity index (χ1v) is 12.6. The molecule has 0 bridgehead atoms. The minimum absolute atomic E-state index is 0.154. The van der Waals surface area contributed by atoms with Gasteiger partial charge >= 0.3 is 0 Å². The molecule has 3 amide bonds. The molecule has 0 radical (unpaired) electrons. The zero-order valence-electron chi connectivity index (χ0n) is 19.1. The summed E-state index contributed by atoms with van der Waals surface area (Å²) in [5.41, 5.74) is 2.09. The van der Waals surface area contributed by atoms with E-state index >= 15 is 0 Å². The lowest BCUT2D eigenvalue weighted by Crippen LogP contribution is -2.37. The number of anilines is 1. The molecular formula is C26H24N2O5S. The summed E-state index contributed by atoms with van der Waals surface area (Å²) in [5, 5.41) is 0. The van der Waals surface area contributed by atoms with Crippen molar-refractivity contribution in [1.29, 1.82) is 0 Å². The van der Waals surface area contributed by atoms with Gasteiger partial charge in [0.15, 0.2) is 9.84 Å². The van der Waals surface area contributed by atoms with E-state index in [1.807, 2.05) is 44.2 Å². The third-order valence-corrected chi connectivity index (χ3v) is 6.81. The maximum Gasteiger partial charge on any atom is 0.261 e. The van der Waals surface area contributed by atoms with Crippen LogP contribution in [0.2, 0.25) is 0 Å². The molecule has 0 aliphatic carbocycles. The van der Waals surface area contributed by atoms with E-state index in [2.05, 4.69) is 0 Å². The number of carbonyl (C=O) groups is 3. The van der Waals surface area contributed by atoms with Crippen LogP contribution in [0.5, 0.6) is 0 Å². The first kappa shape index (κ1) is 23.4. The highest BCUT2D eigenvalue weighted by molar-refractivity contribution is 7.90. The van der Waals surface area contributed by atoms with Crippen LogP contribution in [0.4, 0.5) is 5.69 Å². The highest BCUT2D eigenvalue weighted by atomic mass is 32.2. The van der Waals surface area contributed by atoms with E-state index in [4.69, 9.17) is 0 Å². The molecule has 0 fully saturated rings. The number of nitrogens with zero attached hydrogens (tertiary/aromatic N) is 2. The molecule has 0 atom stereocenters. The number of amides is 3. The van der Waals surface area contributed by atoms with Gasteiger partial charge in [-0.1, -0.05) is 30.3 Å². The highest BCUT2D eigenvalue weighted by Crippen LogP contribution is 2.28. The van der Waals surface area contributed by atoms with Crippen molar-refractivity contribution in [3.63, 3.8) is 0 Å². The molecule has 7 nitrogen and oxygen atoms in total. The fourth-order valence-corrected chi connectivity index (χ4v) is 4.61. The molecule has 4 rings (SSSR count). The highest BCUT2D eigenvalue weighted by Gasteiger charge is 2.36. The van der Waals surface area contributed by atoms with Crippen molar-refractivity contribution in [2.75, 3.05) is 11.2 Å². The van der Waals surface area contributed by atoms with Gasteiger partial charge in [-0.15, -0.1) is 0 Å². The molecule has 3 aromatic rings. The summed E-state index contributed by atoms with van der Waals surface area (Å²) in [6.45, 7) is 3.83. The summed E-state index contributed by atoms with van der Waals surface area (Å²) in [6, 6.07) is 19.6. The fourth-order valence-electron chi connectivity index (χ4n) is 3.98. The number of benzene rings is 3. The Morgan fingerprint density at radius 1 is 0.882 bits per heavy atom. The minimum Gasteiger partial charge on any atom is -0.306 e. The van der Waals surface area contributed by atoms with Crippen LogP contribution < -0.4 is 4.90 Å². The van der Waals surface area contributed by atoms with E-state index in [0.29, 0.717) is 5.69 Å². The smallest absolute Gasteiger partial charge is 0.261 e. The lowest BCUT2D eigenvalue weighted by Gasteiger charge is -2.27. The van der Waals surface area contributed by atoms with Crippen molar-refractivity contribution < 1.29 is 22.8 Å². The SMILES string of the molecule is CC(C)N(C(=O)c1ccc2c(c1)C(=O)N(Cc1ccccc1)C2=O)c1ccc(S(C)(=O)=O)cc1. The van der Waals surface area contributed by atoms with Crippen molar-refractivity contribution >= 4 is 33.2 Å². The third-order valence-electron chi connectivity index (χ3n) is 5.68. The van der Waals surface area contributed by atoms with Gasteiger partial charge in [0.1, 0.15) is 0 Å². The molecule has 1 aliphatic rings. The van der Waals surface area contributed by atoms with E-state index in [1.54, 1.807) is 18.2 Å². The van der Waals surface area contributed by atoms with E-state index in [1.165, 1.54) is 34.1 Å². The van der Waals surface area contributed by atoms with Gasteiger partial charge in [0.25, 0.3) is 17.7 Å². The quantitative estimate of drug-likeness (QED) is 0.503. The van der Waals surface area contributed by atoms with Crippen molar-refractivity contribution in [3.05, 3.63) is 95.1 Å². The number of fused-ring (bicyclic) bond motifs is 1. The van der Waals surface area contributed by atoms with Gasteiger partial charge < -0.3 is 4.90 Å². The van der Waals surface area contributed by atoms with E-state index in [9.17, 15) is 22.8 Å². The molecule has 1 heterocycles. The van der Waals surface area contributed by atoms with Crippen LogP contribution in [0.25, 0.3) is 0 Å². The topological polar surface area (TPSA) is 91.8 Å². The van der Waals surface area contributed by atoms with Crippen molar-refractivity contribution in [3.8, 4) is 0 Å². The van der Waals surface area contributed by atoms with Crippen LogP contribution >= 0.6 is 0 Å². The van der Waals surface area contributed by atoms with E-state index < -0.39 is 15.7 Å². The predicted molar refractivity (Wildman–Crippen MR) is 129 cm³/mol. The Kier molecular flexibility index (Phi) is 6.10. The van der Waals surface area contributed by atoms with Crippen LogP contribution in [0.3, 0.4) is 0 Å². The summed E-state index contributed by atoms with van der Waals surface area (Å²) in [4.78, 5) is 42.1. The molecular weight excluding hydrogens is 452 g/mol. The zero-order chi connectivity index (χ0) is 24.6. The number of carbonyl (C=O) groups excluding carboxylic acids is 3. The van der Waals surface area contributed by atoms with Gasteiger partial charge in [-0.2, -0.15) is 0 Å². The van der Waals surface area contributed by atoms with Crippen molar-refractivity contribution in [1.82, 2.24) is 4.90 Å². The monoisotopic (exact) mass is 476 g/mol. The molecule has 0 saturated heterocycles. The predicted octanol–water partition coefficient (Wildman–Crippen LogP) is 3.94. The van der Waals surface area contributed by atoms with Crippen LogP contribution in [0.15, 0.2) is 77.7 Å². The lowest BCUT2D eigenvalue weighted by atomic mass is 10.0. The number of imide groups is 1. The molecule has 0 N–H and O–H groups in total. The Morgan fingerprint density at radius 2 is 1.50 bits per heavy atom. The van der Waals surface area contributed by atoms with Crippen LogP contribution in [0, 0.1) is 0 Å².